The fourth-order valence-corrected chi connectivity index (χ4v) is 4.94. The Labute approximate surface area is 194 Å². The molecule has 0 saturated carbocycles. The van der Waals surface area contributed by atoms with E-state index in [4.69, 9.17) is 14.5 Å². The molecule has 6 nitrogen and oxygen atoms in total. The van der Waals surface area contributed by atoms with Gasteiger partial charge in [-0.2, -0.15) is 0 Å². The van der Waals surface area contributed by atoms with Crippen molar-refractivity contribution in [1.82, 2.24) is 0 Å². The van der Waals surface area contributed by atoms with Crippen LogP contribution < -0.4 is 9.64 Å². The van der Waals surface area contributed by atoms with E-state index in [9.17, 15) is 9.59 Å². The summed E-state index contributed by atoms with van der Waals surface area (Å²) in [6, 6.07) is 15.9. The van der Waals surface area contributed by atoms with Gasteiger partial charge in [0.2, 0.25) is 0 Å². The van der Waals surface area contributed by atoms with Crippen LogP contribution in [0.3, 0.4) is 0 Å². The molecule has 0 fully saturated rings. The molecule has 0 bridgehead atoms. The molecule has 2 aliphatic rings. The molecule has 0 spiro atoms. The maximum atomic E-state index is 13.5. The Morgan fingerprint density at radius 2 is 1.61 bits per heavy atom. The number of methoxy groups -OCH3 is 2. The fourth-order valence-electron chi connectivity index (χ4n) is 4.94. The number of aliphatic imine (C=N–C) groups is 1. The summed E-state index contributed by atoms with van der Waals surface area (Å²) in [6.45, 7) is 1.86. The molecule has 2 aromatic carbocycles. The Hall–Kier alpha value is -3.41. The number of carbonyl (C=O) groups excluding carboxylic acids is 2. The van der Waals surface area contributed by atoms with Crippen LogP contribution in [0.4, 0.5) is 5.69 Å². The Bertz CT molecular complexity index is 1110. The first-order chi connectivity index (χ1) is 15.8. The van der Waals surface area contributed by atoms with Gasteiger partial charge in [0.15, 0.2) is 5.78 Å². The number of rotatable bonds is 5. The molecule has 0 aromatic heterocycles. The highest BCUT2D eigenvalue weighted by atomic mass is 16.5. The standard InChI is InChI=1S/C27H30N2O4/c1-16-24(27(31)33-5)25(18-6-10-20(11-7-18)29(2)3)26-22(28-16)14-19(15-23(26)30)17-8-12-21(32-4)13-9-17/h6-13,19,24-25H,14-15H2,1-5H3/t19-,24?,25+/m1/s1. The predicted octanol–water partition coefficient (Wildman–Crippen LogP) is 4.51. The lowest BCUT2D eigenvalue weighted by Crippen LogP contribution is -2.37. The zero-order valence-corrected chi connectivity index (χ0v) is 19.8. The lowest BCUT2D eigenvalue weighted by atomic mass is 9.69. The van der Waals surface area contributed by atoms with Crippen molar-refractivity contribution in [1.29, 1.82) is 0 Å². The average molecular weight is 447 g/mol. The fraction of sp³-hybridized carbons (Fsp3) is 0.370. The van der Waals surface area contributed by atoms with Crippen molar-refractivity contribution in [3.63, 3.8) is 0 Å². The van der Waals surface area contributed by atoms with Crippen molar-refractivity contribution < 1.29 is 19.1 Å². The number of benzene rings is 2. The maximum absolute atomic E-state index is 13.5. The number of Topliss-reactive ketones (excluding diaryl/α,β-unsaturated/α-hetero) is 1. The Kier molecular flexibility index (Phi) is 6.36. The van der Waals surface area contributed by atoms with E-state index < -0.39 is 11.8 Å². The van der Waals surface area contributed by atoms with Crippen molar-refractivity contribution >= 4 is 23.2 Å². The summed E-state index contributed by atoms with van der Waals surface area (Å²) in [6.07, 6.45) is 1.05. The van der Waals surface area contributed by atoms with Crippen LogP contribution in [-0.4, -0.2) is 45.8 Å². The minimum absolute atomic E-state index is 0.0453. The van der Waals surface area contributed by atoms with E-state index in [1.54, 1.807) is 7.11 Å². The van der Waals surface area contributed by atoms with Crippen molar-refractivity contribution in [3.05, 3.63) is 70.9 Å². The van der Waals surface area contributed by atoms with Gasteiger partial charge in [-0.3, -0.25) is 14.6 Å². The van der Waals surface area contributed by atoms with Crippen molar-refractivity contribution in [3.8, 4) is 5.75 Å². The van der Waals surface area contributed by atoms with Gasteiger partial charge in [0.05, 0.1) is 14.2 Å². The van der Waals surface area contributed by atoms with Gasteiger partial charge in [-0.15, -0.1) is 0 Å². The van der Waals surface area contributed by atoms with Gasteiger partial charge >= 0.3 is 5.97 Å². The molecule has 0 radical (unpaired) electrons. The van der Waals surface area contributed by atoms with Gasteiger partial charge in [0.1, 0.15) is 11.7 Å². The normalized spacial score (nSPS) is 22.4. The van der Waals surface area contributed by atoms with Gasteiger partial charge in [0, 0.05) is 49.1 Å². The Morgan fingerprint density at radius 3 is 2.18 bits per heavy atom. The molecule has 0 N–H and O–H groups in total. The third-order valence-corrected chi connectivity index (χ3v) is 6.70. The van der Waals surface area contributed by atoms with E-state index in [2.05, 4.69) is 0 Å². The first-order valence-corrected chi connectivity index (χ1v) is 11.1. The van der Waals surface area contributed by atoms with Crippen LogP contribution in [0.2, 0.25) is 0 Å². The molecule has 0 amide bonds. The molecule has 1 aliphatic heterocycles. The lowest BCUT2D eigenvalue weighted by Gasteiger charge is -2.36. The first-order valence-electron chi connectivity index (χ1n) is 11.1. The van der Waals surface area contributed by atoms with Crippen LogP contribution in [0.15, 0.2) is 64.8 Å². The molecular weight excluding hydrogens is 416 g/mol. The van der Waals surface area contributed by atoms with Crippen LogP contribution in [0.5, 0.6) is 5.75 Å². The number of ether oxygens (including phenoxy) is 2. The number of nitrogens with zero attached hydrogens (tertiary/aromatic N) is 2. The Balaban J connectivity index is 1.76. The maximum Gasteiger partial charge on any atom is 0.315 e. The molecule has 0 saturated heterocycles. The molecule has 6 heteroatoms. The van der Waals surface area contributed by atoms with Gasteiger partial charge in [-0.25, -0.2) is 0 Å². The summed E-state index contributed by atoms with van der Waals surface area (Å²) in [7, 11) is 6.98. The second-order valence-corrected chi connectivity index (χ2v) is 8.88. The van der Waals surface area contributed by atoms with Gasteiger partial charge < -0.3 is 14.4 Å². The number of hydrogen-bond donors (Lipinski definition) is 0. The monoisotopic (exact) mass is 446 g/mol. The summed E-state index contributed by atoms with van der Waals surface area (Å²) in [5.74, 6) is -0.496. The molecule has 1 heterocycles. The largest absolute Gasteiger partial charge is 0.497 e. The summed E-state index contributed by atoms with van der Waals surface area (Å²) < 4.78 is 10.4. The first kappa shape index (κ1) is 22.8. The third-order valence-electron chi connectivity index (χ3n) is 6.70. The van der Waals surface area contributed by atoms with Crippen molar-refractivity contribution in [2.24, 2.45) is 10.9 Å². The quantitative estimate of drug-likeness (QED) is 0.632. The summed E-state index contributed by atoms with van der Waals surface area (Å²) >= 11 is 0. The number of esters is 1. The highest BCUT2D eigenvalue weighted by molar-refractivity contribution is 6.09. The van der Waals surface area contributed by atoms with Gasteiger partial charge in [-0.05, 0) is 54.7 Å². The van der Waals surface area contributed by atoms with Gasteiger partial charge in [0.25, 0.3) is 0 Å². The number of allylic oxidation sites excluding steroid dienone is 2. The summed E-state index contributed by atoms with van der Waals surface area (Å²) in [5.41, 5.74) is 5.19. The molecule has 1 unspecified atom stereocenters. The van der Waals surface area contributed by atoms with Crippen LogP contribution in [0.25, 0.3) is 0 Å². The smallest absolute Gasteiger partial charge is 0.315 e. The van der Waals surface area contributed by atoms with E-state index >= 15 is 0 Å². The number of ketones is 1. The summed E-state index contributed by atoms with van der Waals surface area (Å²) in [4.78, 5) is 33.1. The third kappa shape index (κ3) is 4.30. The van der Waals surface area contributed by atoms with E-state index in [0.717, 1.165) is 28.3 Å². The molecule has 3 atom stereocenters. The van der Waals surface area contributed by atoms with E-state index in [-0.39, 0.29) is 17.7 Å². The van der Waals surface area contributed by atoms with Crippen LogP contribution >= 0.6 is 0 Å². The van der Waals surface area contributed by atoms with Gasteiger partial charge in [-0.1, -0.05) is 24.3 Å². The van der Waals surface area contributed by atoms with Crippen LogP contribution in [0.1, 0.15) is 42.7 Å². The van der Waals surface area contributed by atoms with E-state index in [1.165, 1.54) is 7.11 Å². The van der Waals surface area contributed by atoms with E-state index in [0.29, 0.717) is 24.1 Å². The highest BCUT2D eigenvalue weighted by Crippen LogP contribution is 2.47. The predicted molar refractivity (Wildman–Crippen MR) is 129 cm³/mol. The van der Waals surface area contributed by atoms with Crippen LogP contribution in [0, 0.1) is 5.92 Å². The molecule has 4 rings (SSSR count). The van der Waals surface area contributed by atoms with Crippen molar-refractivity contribution in [2.75, 3.05) is 33.2 Å². The number of hydrogen-bond acceptors (Lipinski definition) is 6. The second-order valence-electron chi connectivity index (χ2n) is 8.88. The van der Waals surface area contributed by atoms with E-state index in [1.807, 2.05) is 74.4 Å². The highest BCUT2D eigenvalue weighted by Gasteiger charge is 2.44. The topological polar surface area (TPSA) is 68.2 Å². The lowest BCUT2D eigenvalue weighted by molar-refractivity contribution is -0.143. The molecule has 2 aromatic rings. The van der Waals surface area contributed by atoms with Crippen molar-refractivity contribution in [2.45, 2.75) is 31.6 Å². The zero-order chi connectivity index (χ0) is 23.7. The number of carbonyl (C=O) groups is 2. The second kappa shape index (κ2) is 9.22. The molecular formula is C27H30N2O4. The SMILES string of the molecule is COC(=O)C1C(C)=NC2=C(C(=O)C[C@H](c3ccc(OC)cc3)C2)[C@H]1c1ccc(N(C)C)cc1. The number of anilines is 1. The minimum atomic E-state index is -0.611. The Morgan fingerprint density at radius 1 is 0.970 bits per heavy atom. The minimum Gasteiger partial charge on any atom is -0.497 e. The molecule has 1 aliphatic carbocycles. The average Bonchev–Trinajstić information content (AvgIpc) is 2.82. The summed E-state index contributed by atoms with van der Waals surface area (Å²) in [5, 5.41) is 0. The van der Waals surface area contributed by atoms with Crippen LogP contribution in [-0.2, 0) is 14.3 Å². The zero-order valence-electron chi connectivity index (χ0n) is 19.8. The molecule has 33 heavy (non-hydrogen) atoms. The molecule has 172 valence electrons.